The van der Waals surface area contributed by atoms with E-state index < -0.39 is 11.4 Å². The summed E-state index contributed by atoms with van der Waals surface area (Å²) < 4.78 is 1.67. The number of amides is 1. The number of carboxylic acid groups (broad SMARTS) is 1. The van der Waals surface area contributed by atoms with Crippen LogP contribution in [0.1, 0.15) is 23.7 Å². The first-order chi connectivity index (χ1) is 9.49. The average Bonchev–Trinajstić information content (AvgIpc) is 3.04. The number of likely N-dealkylation sites (tertiary alicyclic amines) is 1. The number of carbonyl (C=O) groups is 2. The third-order valence-electron chi connectivity index (χ3n) is 3.81. The minimum absolute atomic E-state index is 0.162. The lowest BCUT2D eigenvalue weighted by atomic mass is 9.90. The number of fused-ring (bicyclic) bond motifs is 1. The smallest absolute Gasteiger partial charge is 0.311 e. The number of aliphatic carboxylic acids is 1. The van der Waals surface area contributed by atoms with Gasteiger partial charge in [-0.1, -0.05) is 0 Å². The van der Waals surface area contributed by atoms with E-state index in [1.54, 1.807) is 34.6 Å². The Kier molecular flexibility index (Phi) is 2.70. The number of pyridine rings is 1. The molecule has 0 saturated carbocycles. The molecule has 1 N–H and O–H groups in total. The number of rotatable bonds is 2. The van der Waals surface area contributed by atoms with Gasteiger partial charge in [0, 0.05) is 19.3 Å². The molecule has 0 unspecified atom stereocenters. The molecule has 1 amide bonds. The zero-order chi connectivity index (χ0) is 14.3. The standard InChI is InChI=1S/C13H14N4O3/c1-13(12(19)20)4-5-16(7-13)11(18)9-2-3-10-15-14-8-17(10)6-9/h2-3,6,8H,4-5,7H2,1H3,(H,19,20)/t13-/m0/s1. The van der Waals surface area contributed by atoms with Crippen LogP contribution in [0, 0.1) is 5.41 Å². The number of carboxylic acids is 1. The van der Waals surface area contributed by atoms with Crippen LogP contribution >= 0.6 is 0 Å². The van der Waals surface area contributed by atoms with E-state index in [0.29, 0.717) is 24.2 Å². The van der Waals surface area contributed by atoms with Crippen LogP contribution in [0.2, 0.25) is 0 Å². The number of carbonyl (C=O) groups excluding carboxylic acids is 1. The molecule has 7 nitrogen and oxygen atoms in total. The van der Waals surface area contributed by atoms with Gasteiger partial charge in [-0.05, 0) is 25.5 Å². The van der Waals surface area contributed by atoms with Gasteiger partial charge in [0.2, 0.25) is 0 Å². The summed E-state index contributed by atoms with van der Waals surface area (Å²) in [6, 6.07) is 3.40. The van der Waals surface area contributed by atoms with E-state index in [1.165, 1.54) is 6.33 Å². The van der Waals surface area contributed by atoms with E-state index in [0.717, 1.165) is 0 Å². The fourth-order valence-electron chi connectivity index (χ4n) is 2.45. The van der Waals surface area contributed by atoms with Crippen LogP contribution in [0.4, 0.5) is 0 Å². The van der Waals surface area contributed by atoms with E-state index >= 15 is 0 Å². The second kappa shape index (κ2) is 4.29. The Morgan fingerprint density at radius 1 is 1.40 bits per heavy atom. The summed E-state index contributed by atoms with van der Waals surface area (Å²) in [5.41, 5.74) is 0.321. The molecule has 1 atom stereocenters. The Morgan fingerprint density at radius 3 is 2.90 bits per heavy atom. The van der Waals surface area contributed by atoms with Gasteiger partial charge in [-0.15, -0.1) is 10.2 Å². The molecule has 0 aliphatic carbocycles. The minimum Gasteiger partial charge on any atom is -0.481 e. The molecular weight excluding hydrogens is 260 g/mol. The van der Waals surface area contributed by atoms with Gasteiger partial charge >= 0.3 is 5.97 Å². The summed E-state index contributed by atoms with van der Waals surface area (Å²) in [6.45, 7) is 2.37. The number of aromatic nitrogens is 3. The molecule has 1 fully saturated rings. The van der Waals surface area contributed by atoms with Gasteiger partial charge < -0.3 is 10.0 Å². The Bertz CT molecular complexity index is 696. The maximum absolute atomic E-state index is 12.4. The van der Waals surface area contributed by atoms with Crippen molar-refractivity contribution in [3.63, 3.8) is 0 Å². The Hall–Kier alpha value is -2.44. The summed E-state index contributed by atoms with van der Waals surface area (Å²) in [4.78, 5) is 25.2. The van der Waals surface area contributed by atoms with Gasteiger partial charge in [0.1, 0.15) is 6.33 Å². The molecule has 2 aromatic rings. The Labute approximate surface area is 114 Å². The van der Waals surface area contributed by atoms with Crippen molar-refractivity contribution in [1.82, 2.24) is 19.5 Å². The largest absolute Gasteiger partial charge is 0.481 e. The van der Waals surface area contributed by atoms with Crippen LogP contribution in [0.3, 0.4) is 0 Å². The summed E-state index contributed by atoms with van der Waals surface area (Å²) in [7, 11) is 0. The molecule has 0 spiro atoms. The third-order valence-corrected chi connectivity index (χ3v) is 3.81. The van der Waals surface area contributed by atoms with Gasteiger partial charge in [0.05, 0.1) is 11.0 Å². The summed E-state index contributed by atoms with van der Waals surface area (Å²) in [5, 5.41) is 16.8. The molecule has 2 aromatic heterocycles. The predicted molar refractivity (Wildman–Crippen MR) is 69.3 cm³/mol. The lowest BCUT2D eigenvalue weighted by molar-refractivity contribution is -0.147. The predicted octanol–water partition coefficient (Wildman–Crippen LogP) is 0.666. The van der Waals surface area contributed by atoms with Crippen LogP contribution in [0.5, 0.6) is 0 Å². The molecule has 0 aromatic carbocycles. The molecule has 7 heteroatoms. The summed E-state index contributed by atoms with van der Waals surface area (Å²) >= 11 is 0. The zero-order valence-electron chi connectivity index (χ0n) is 11.0. The summed E-state index contributed by atoms with van der Waals surface area (Å²) in [6.07, 6.45) is 3.66. The SMILES string of the molecule is C[C@]1(C(=O)O)CCN(C(=O)c2ccc3nncn3c2)C1. The molecule has 0 radical (unpaired) electrons. The first-order valence-electron chi connectivity index (χ1n) is 6.32. The van der Waals surface area contributed by atoms with E-state index in [-0.39, 0.29) is 12.5 Å². The highest BCUT2D eigenvalue weighted by molar-refractivity contribution is 5.95. The molecule has 3 heterocycles. The maximum Gasteiger partial charge on any atom is 0.311 e. The zero-order valence-corrected chi connectivity index (χ0v) is 11.0. The highest BCUT2D eigenvalue weighted by atomic mass is 16.4. The number of hydrogen-bond acceptors (Lipinski definition) is 4. The van der Waals surface area contributed by atoms with Gasteiger partial charge in [-0.2, -0.15) is 0 Å². The van der Waals surface area contributed by atoms with Crippen molar-refractivity contribution in [2.24, 2.45) is 5.41 Å². The van der Waals surface area contributed by atoms with Crippen molar-refractivity contribution in [2.75, 3.05) is 13.1 Å². The molecule has 104 valence electrons. The van der Waals surface area contributed by atoms with Crippen LogP contribution in [-0.4, -0.2) is 49.6 Å². The Morgan fingerprint density at radius 2 is 2.20 bits per heavy atom. The fourth-order valence-corrected chi connectivity index (χ4v) is 2.45. The van der Waals surface area contributed by atoms with Crippen molar-refractivity contribution >= 4 is 17.5 Å². The van der Waals surface area contributed by atoms with Crippen molar-refractivity contribution in [3.8, 4) is 0 Å². The quantitative estimate of drug-likeness (QED) is 0.869. The normalized spacial score (nSPS) is 22.4. The van der Waals surface area contributed by atoms with Gasteiger partial charge in [-0.25, -0.2) is 0 Å². The Balaban J connectivity index is 1.84. The molecule has 1 aliphatic heterocycles. The van der Waals surface area contributed by atoms with Crippen LogP contribution in [-0.2, 0) is 4.79 Å². The first-order valence-corrected chi connectivity index (χ1v) is 6.32. The van der Waals surface area contributed by atoms with E-state index in [4.69, 9.17) is 0 Å². The van der Waals surface area contributed by atoms with Gasteiger partial charge in [0.25, 0.3) is 5.91 Å². The topological polar surface area (TPSA) is 87.8 Å². The average molecular weight is 274 g/mol. The van der Waals surface area contributed by atoms with Crippen molar-refractivity contribution < 1.29 is 14.7 Å². The van der Waals surface area contributed by atoms with Crippen LogP contribution in [0.15, 0.2) is 24.7 Å². The van der Waals surface area contributed by atoms with Crippen LogP contribution < -0.4 is 0 Å². The first kappa shape index (κ1) is 12.6. The van der Waals surface area contributed by atoms with E-state index in [2.05, 4.69) is 10.2 Å². The van der Waals surface area contributed by atoms with Gasteiger partial charge in [-0.3, -0.25) is 14.0 Å². The molecule has 1 aliphatic rings. The highest BCUT2D eigenvalue weighted by Crippen LogP contribution is 2.30. The maximum atomic E-state index is 12.4. The second-order valence-electron chi connectivity index (χ2n) is 5.36. The molecule has 0 bridgehead atoms. The molecule has 20 heavy (non-hydrogen) atoms. The summed E-state index contributed by atoms with van der Waals surface area (Å²) in [5.74, 6) is -1.02. The van der Waals surface area contributed by atoms with Crippen LogP contribution in [0.25, 0.3) is 5.65 Å². The highest BCUT2D eigenvalue weighted by Gasteiger charge is 2.42. The van der Waals surface area contributed by atoms with Crippen molar-refractivity contribution in [1.29, 1.82) is 0 Å². The van der Waals surface area contributed by atoms with E-state index in [1.807, 2.05) is 0 Å². The second-order valence-corrected chi connectivity index (χ2v) is 5.36. The van der Waals surface area contributed by atoms with Crippen molar-refractivity contribution in [3.05, 3.63) is 30.2 Å². The third kappa shape index (κ3) is 1.91. The fraction of sp³-hybridized carbons (Fsp3) is 0.385. The lowest BCUT2D eigenvalue weighted by Crippen LogP contribution is -2.34. The molecular formula is C13H14N4O3. The van der Waals surface area contributed by atoms with E-state index in [9.17, 15) is 14.7 Å². The minimum atomic E-state index is -0.859. The molecule has 1 saturated heterocycles. The number of nitrogens with zero attached hydrogens (tertiary/aromatic N) is 4. The number of hydrogen-bond donors (Lipinski definition) is 1. The monoisotopic (exact) mass is 274 g/mol. The van der Waals surface area contributed by atoms with Crippen molar-refractivity contribution in [2.45, 2.75) is 13.3 Å². The van der Waals surface area contributed by atoms with Gasteiger partial charge in [0.15, 0.2) is 5.65 Å². The molecule has 3 rings (SSSR count). The lowest BCUT2D eigenvalue weighted by Gasteiger charge is -2.20.